The number of benzene rings is 4. The van der Waals surface area contributed by atoms with Crippen LogP contribution in [-0.4, -0.2) is 51.2 Å². The zero-order valence-corrected chi connectivity index (χ0v) is 25.0. The molecular formula is C35H37N3O6. The number of ether oxygens (including phenoxy) is 1. The van der Waals surface area contributed by atoms with E-state index in [0.29, 0.717) is 16.8 Å². The number of amides is 3. The molecule has 4 rings (SSSR count). The predicted octanol–water partition coefficient (Wildman–Crippen LogP) is 6.08. The Labute approximate surface area is 256 Å². The van der Waals surface area contributed by atoms with Crippen LogP contribution in [0.3, 0.4) is 0 Å². The highest BCUT2D eigenvalue weighted by Crippen LogP contribution is 2.28. The second-order valence-electron chi connectivity index (χ2n) is 11.4. The van der Waals surface area contributed by atoms with Crippen LogP contribution in [0.5, 0.6) is 11.5 Å². The first-order valence-electron chi connectivity index (χ1n) is 14.2. The van der Waals surface area contributed by atoms with Crippen molar-refractivity contribution < 1.29 is 29.3 Å². The van der Waals surface area contributed by atoms with Crippen molar-refractivity contribution >= 4 is 34.4 Å². The number of rotatable bonds is 10. The Morgan fingerprint density at radius 3 is 2.11 bits per heavy atom. The van der Waals surface area contributed by atoms with Gasteiger partial charge in [-0.05, 0) is 79.1 Å². The number of carbonyl (C=O) groups is 3. The van der Waals surface area contributed by atoms with Crippen LogP contribution in [0.2, 0.25) is 0 Å². The van der Waals surface area contributed by atoms with Gasteiger partial charge in [-0.15, -0.1) is 6.58 Å². The smallest absolute Gasteiger partial charge is 0.408 e. The number of carbonyl (C=O) groups excluding carboxylic acids is 3. The lowest BCUT2D eigenvalue weighted by atomic mass is 10.00. The average molecular weight is 596 g/mol. The Hall–Kier alpha value is -5.31. The van der Waals surface area contributed by atoms with E-state index in [4.69, 9.17) is 4.74 Å². The largest absolute Gasteiger partial charge is 0.508 e. The molecule has 3 amide bonds. The third-order valence-corrected chi connectivity index (χ3v) is 6.76. The maximum absolute atomic E-state index is 14.3. The molecule has 0 saturated carbocycles. The predicted molar refractivity (Wildman–Crippen MR) is 170 cm³/mol. The molecule has 0 spiro atoms. The molecule has 228 valence electrons. The highest BCUT2D eigenvalue weighted by atomic mass is 16.6. The summed E-state index contributed by atoms with van der Waals surface area (Å²) in [6.45, 7) is 8.92. The average Bonchev–Trinajstić information content (AvgIpc) is 2.97. The summed E-state index contributed by atoms with van der Waals surface area (Å²) in [6, 6.07) is 23.3. The molecule has 0 saturated heterocycles. The quantitative estimate of drug-likeness (QED) is 0.165. The summed E-state index contributed by atoms with van der Waals surface area (Å²) in [5, 5.41) is 27.3. The minimum atomic E-state index is -1.16. The van der Waals surface area contributed by atoms with Gasteiger partial charge < -0.3 is 30.5 Å². The van der Waals surface area contributed by atoms with Crippen molar-refractivity contribution in [1.29, 1.82) is 0 Å². The fraction of sp³-hybridized carbons (Fsp3) is 0.229. The van der Waals surface area contributed by atoms with Crippen LogP contribution in [0.1, 0.15) is 37.9 Å². The Balaban J connectivity index is 1.72. The number of fused-ring (bicyclic) bond motifs is 1. The minimum Gasteiger partial charge on any atom is -0.508 e. The van der Waals surface area contributed by atoms with Crippen LogP contribution in [0, 0.1) is 0 Å². The SMILES string of the molecule is C=CCN(C(=O)C(Cc1ccc(O)cc1)NC(=O)OC(C)(C)C)C(C(=O)Nc1ccc2ccccc2c1)c1ccc(O)cc1. The molecular weight excluding hydrogens is 558 g/mol. The molecule has 9 heteroatoms. The fourth-order valence-electron chi connectivity index (χ4n) is 4.79. The molecule has 2 unspecified atom stereocenters. The third kappa shape index (κ3) is 8.38. The molecule has 0 fully saturated rings. The van der Waals surface area contributed by atoms with Gasteiger partial charge in [0.2, 0.25) is 5.91 Å². The molecule has 4 aromatic rings. The zero-order valence-electron chi connectivity index (χ0n) is 25.0. The molecule has 0 aliphatic rings. The summed E-state index contributed by atoms with van der Waals surface area (Å²) >= 11 is 0. The highest BCUT2D eigenvalue weighted by Gasteiger charge is 2.36. The van der Waals surface area contributed by atoms with E-state index >= 15 is 0 Å². The van der Waals surface area contributed by atoms with Crippen molar-refractivity contribution in [2.75, 3.05) is 11.9 Å². The number of alkyl carbamates (subject to hydrolysis) is 1. The van der Waals surface area contributed by atoms with E-state index in [9.17, 15) is 24.6 Å². The van der Waals surface area contributed by atoms with Gasteiger partial charge in [0.25, 0.3) is 5.91 Å². The first-order chi connectivity index (χ1) is 20.9. The lowest BCUT2D eigenvalue weighted by Crippen LogP contribution is -2.53. The zero-order chi connectivity index (χ0) is 31.9. The van der Waals surface area contributed by atoms with Gasteiger partial charge in [0.1, 0.15) is 29.2 Å². The molecule has 0 bridgehead atoms. The van der Waals surface area contributed by atoms with Crippen molar-refractivity contribution in [2.24, 2.45) is 0 Å². The lowest BCUT2D eigenvalue weighted by molar-refractivity contribution is -0.140. The summed E-state index contributed by atoms with van der Waals surface area (Å²) in [4.78, 5) is 42.6. The van der Waals surface area contributed by atoms with Gasteiger partial charge in [0.05, 0.1) is 0 Å². The van der Waals surface area contributed by atoms with Crippen molar-refractivity contribution in [2.45, 2.75) is 44.9 Å². The van der Waals surface area contributed by atoms with Gasteiger partial charge in [0.15, 0.2) is 0 Å². The Kier molecular flexibility index (Phi) is 9.90. The molecule has 0 aliphatic heterocycles. The van der Waals surface area contributed by atoms with E-state index in [-0.39, 0.29) is 24.5 Å². The molecule has 4 aromatic carbocycles. The van der Waals surface area contributed by atoms with Crippen molar-refractivity contribution in [1.82, 2.24) is 10.2 Å². The van der Waals surface area contributed by atoms with E-state index in [1.807, 2.05) is 36.4 Å². The summed E-state index contributed by atoms with van der Waals surface area (Å²) in [7, 11) is 0. The summed E-state index contributed by atoms with van der Waals surface area (Å²) in [5.74, 6) is -0.999. The molecule has 4 N–H and O–H groups in total. The molecule has 0 radical (unpaired) electrons. The Morgan fingerprint density at radius 1 is 0.886 bits per heavy atom. The van der Waals surface area contributed by atoms with E-state index in [0.717, 1.165) is 10.8 Å². The van der Waals surface area contributed by atoms with E-state index in [2.05, 4.69) is 17.2 Å². The monoisotopic (exact) mass is 595 g/mol. The van der Waals surface area contributed by atoms with Crippen molar-refractivity contribution in [3.63, 3.8) is 0 Å². The second-order valence-corrected chi connectivity index (χ2v) is 11.4. The van der Waals surface area contributed by atoms with Gasteiger partial charge >= 0.3 is 6.09 Å². The van der Waals surface area contributed by atoms with Gasteiger partial charge in [-0.3, -0.25) is 9.59 Å². The summed E-state index contributed by atoms with van der Waals surface area (Å²) in [5.41, 5.74) is 0.830. The Bertz CT molecular complexity index is 1630. The number of anilines is 1. The lowest BCUT2D eigenvalue weighted by Gasteiger charge is -2.34. The maximum Gasteiger partial charge on any atom is 0.408 e. The highest BCUT2D eigenvalue weighted by molar-refractivity contribution is 6.00. The van der Waals surface area contributed by atoms with E-state index in [1.54, 1.807) is 51.1 Å². The number of phenolic OH excluding ortho intramolecular Hbond substituents is 2. The van der Waals surface area contributed by atoms with Gasteiger partial charge in [0, 0.05) is 18.7 Å². The minimum absolute atomic E-state index is 0.000772. The van der Waals surface area contributed by atoms with Gasteiger partial charge in [-0.1, -0.05) is 60.7 Å². The summed E-state index contributed by atoms with van der Waals surface area (Å²) in [6.07, 6.45) is 0.760. The van der Waals surface area contributed by atoms with Crippen LogP contribution in [-0.2, 0) is 20.7 Å². The molecule has 2 atom stereocenters. The van der Waals surface area contributed by atoms with Crippen LogP contribution in [0.15, 0.2) is 104 Å². The van der Waals surface area contributed by atoms with Crippen molar-refractivity contribution in [3.8, 4) is 11.5 Å². The summed E-state index contributed by atoms with van der Waals surface area (Å²) < 4.78 is 5.45. The normalized spacial score (nSPS) is 12.5. The van der Waals surface area contributed by atoms with E-state index in [1.165, 1.54) is 35.2 Å². The molecule has 0 aliphatic carbocycles. The fourth-order valence-corrected chi connectivity index (χ4v) is 4.79. The number of hydrogen-bond donors (Lipinski definition) is 4. The number of phenols is 2. The van der Waals surface area contributed by atoms with Crippen LogP contribution >= 0.6 is 0 Å². The topological polar surface area (TPSA) is 128 Å². The first kappa shape index (κ1) is 31.6. The Morgan fingerprint density at radius 2 is 1.50 bits per heavy atom. The number of hydrogen-bond acceptors (Lipinski definition) is 6. The molecule has 0 heterocycles. The number of nitrogens with one attached hydrogen (secondary N) is 2. The number of aromatic hydroxyl groups is 2. The van der Waals surface area contributed by atoms with Crippen LogP contribution in [0.25, 0.3) is 10.8 Å². The second kappa shape index (κ2) is 13.8. The first-order valence-corrected chi connectivity index (χ1v) is 14.2. The van der Waals surface area contributed by atoms with E-state index < -0.39 is 35.6 Å². The molecule has 0 aromatic heterocycles. The van der Waals surface area contributed by atoms with Gasteiger partial charge in [-0.2, -0.15) is 0 Å². The third-order valence-electron chi connectivity index (χ3n) is 6.76. The maximum atomic E-state index is 14.3. The van der Waals surface area contributed by atoms with Crippen LogP contribution in [0.4, 0.5) is 10.5 Å². The van der Waals surface area contributed by atoms with Crippen LogP contribution < -0.4 is 10.6 Å². The number of nitrogens with zero attached hydrogens (tertiary/aromatic N) is 1. The molecule has 44 heavy (non-hydrogen) atoms. The standard InChI is InChI=1S/C35H37N3O6/c1-5-20-38(33(42)30(37-34(43)44-35(2,3)4)21-23-10-16-28(39)17-11-23)31(25-13-18-29(40)19-14-25)32(41)36-27-15-12-24-8-6-7-9-26(24)22-27/h5-19,22,30-31,39-40H,1,20-21H2,2-4H3,(H,36,41)(H,37,43). The molecule has 9 nitrogen and oxygen atoms in total. The van der Waals surface area contributed by atoms with Crippen molar-refractivity contribution in [3.05, 3.63) is 115 Å². The van der Waals surface area contributed by atoms with Gasteiger partial charge in [-0.25, -0.2) is 4.79 Å².